The van der Waals surface area contributed by atoms with E-state index in [0.717, 1.165) is 29.9 Å². The van der Waals surface area contributed by atoms with Crippen molar-refractivity contribution in [3.63, 3.8) is 0 Å². The van der Waals surface area contributed by atoms with Crippen LogP contribution in [-0.2, 0) is 5.41 Å². The Morgan fingerprint density at radius 2 is 1.31 bits per heavy atom. The van der Waals surface area contributed by atoms with Gasteiger partial charge in [0.25, 0.3) is 0 Å². The van der Waals surface area contributed by atoms with E-state index in [9.17, 15) is 0 Å². The summed E-state index contributed by atoms with van der Waals surface area (Å²) in [5.74, 6) is 0. The number of hydrogen-bond acceptors (Lipinski definition) is 3. The molecule has 0 aromatic heterocycles. The van der Waals surface area contributed by atoms with Crippen molar-refractivity contribution in [2.45, 2.75) is 39.0 Å². The molecule has 2 aliphatic carbocycles. The van der Waals surface area contributed by atoms with Crippen LogP contribution in [0.5, 0.6) is 0 Å². The summed E-state index contributed by atoms with van der Waals surface area (Å²) in [6.07, 6.45) is 6.81. The van der Waals surface area contributed by atoms with Crippen LogP contribution < -0.4 is 26.0 Å². The molecule has 0 bridgehead atoms. The minimum atomic E-state index is -0.225. The molecule has 0 saturated carbocycles. The quantitative estimate of drug-likeness (QED) is 0.164. The molecule has 0 fully saturated rings. The average molecular weight is 749 g/mol. The molecule has 0 atom stereocenters. The van der Waals surface area contributed by atoms with Crippen molar-refractivity contribution in [2.24, 2.45) is 0 Å². The molecule has 7 aromatic carbocycles. The molecule has 10 rings (SSSR count). The van der Waals surface area contributed by atoms with Gasteiger partial charge in [-0.3, -0.25) is 0 Å². The Morgan fingerprint density at radius 1 is 0.603 bits per heavy atom. The summed E-state index contributed by atoms with van der Waals surface area (Å²) < 4.78 is 0. The summed E-state index contributed by atoms with van der Waals surface area (Å²) in [6.45, 7) is 6.96. The van der Waals surface area contributed by atoms with Crippen molar-refractivity contribution >= 4 is 52.2 Å². The number of fused-ring (bicyclic) bond motifs is 6. The van der Waals surface area contributed by atoms with Gasteiger partial charge in [-0.05, 0) is 112 Å². The molecule has 58 heavy (non-hydrogen) atoms. The molecular weight excluding hydrogens is 701 g/mol. The van der Waals surface area contributed by atoms with Gasteiger partial charge >= 0.3 is 0 Å². The predicted octanol–water partition coefficient (Wildman–Crippen LogP) is 12.3. The summed E-state index contributed by atoms with van der Waals surface area (Å²) in [5.41, 5.74) is 23.1. The zero-order valence-electron chi connectivity index (χ0n) is 34.0. The normalized spacial score (nSPS) is 14.6. The van der Waals surface area contributed by atoms with Gasteiger partial charge in [-0.25, -0.2) is 0 Å². The molecular formula is C54H47BN3. The zero-order valence-corrected chi connectivity index (χ0v) is 34.0. The van der Waals surface area contributed by atoms with Crippen LogP contribution in [0, 0.1) is 6.92 Å². The van der Waals surface area contributed by atoms with Gasteiger partial charge in [0.05, 0.1) is 5.69 Å². The third kappa shape index (κ3) is 5.98. The molecule has 0 saturated heterocycles. The Kier molecular flexibility index (Phi) is 8.75. The van der Waals surface area contributed by atoms with Crippen LogP contribution in [0.25, 0.3) is 39.0 Å². The van der Waals surface area contributed by atoms with Crippen LogP contribution in [0.1, 0.15) is 48.9 Å². The predicted molar refractivity (Wildman–Crippen MR) is 249 cm³/mol. The van der Waals surface area contributed by atoms with E-state index >= 15 is 0 Å². The Labute approximate surface area is 344 Å². The van der Waals surface area contributed by atoms with Gasteiger partial charge in [0.2, 0.25) is 0 Å². The maximum atomic E-state index is 3.85. The number of hydrogen-bond donors (Lipinski definition) is 1. The maximum Gasteiger partial charge on any atom is 0.197 e. The number of allylic oxidation sites excluding steroid dienone is 3. The highest BCUT2D eigenvalue weighted by atomic mass is 15.2. The van der Waals surface area contributed by atoms with E-state index in [2.05, 4.69) is 221 Å². The molecule has 281 valence electrons. The summed E-state index contributed by atoms with van der Waals surface area (Å²) in [4.78, 5) is 4.82. The molecule has 1 heterocycles. The van der Waals surface area contributed by atoms with Crippen molar-refractivity contribution in [3.05, 3.63) is 192 Å². The fourth-order valence-electron chi connectivity index (χ4n) is 9.43. The van der Waals surface area contributed by atoms with E-state index in [0.29, 0.717) is 0 Å². The zero-order chi connectivity index (χ0) is 39.5. The second-order valence-electron chi connectivity index (χ2n) is 16.7. The first-order chi connectivity index (χ1) is 28.3. The van der Waals surface area contributed by atoms with Gasteiger partial charge in [-0.15, -0.1) is 0 Å². The average Bonchev–Trinajstić information content (AvgIpc) is 3.49. The van der Waals surface area contributed by atoms with Crippen LogP contribution in [0.4, 0.5) is 28.4 Å². The summed E-state index contributed by atoms with van der Waals surface area (Å²) in [6, 6.07) is 56.1. The van der Waals surface area contributed by atoms with Crippen LogP contribution >= 0.6 is 0 Å². The summed E-state index contributed by atoms with van der Waals surface area (Å²) in [5, 5.41) is 3.85. The Morgan fingerprint density at radius 3 is 2.07 bits per heavy atom. The lowest BCUT2D eigenvalue weighted by atomic mass is 9.56. The minimum absolute atomic E-state index is 0.225. The van der Waals surface area contributed by atoms with Crippen molar-refractivity contribution in [3.8, 4) is 33.4 Å². The third-order valence-corrected chi connectivity index (χ3v) is 12.4. The molecule has 1 aliphatic heterocycles. The maximum absolute atomic E-state index is 3.85. The topological polar surface area (TPSA) is 18.5 Å². The Bertz CT molecular complexity index is 2780. The summed E-state index contributed by atoms with van der Waals surface area (Å²) in [7, 11) is 6.73. The molecule has 0 spiro atoms. The van der Waals surface area contributed by atoms with Crippen molar-refractivity contribution < 1.29 is 0 Å². The number of rotatable bonds is 7. The summed E-state index contributed by atoms with van der Waals surface area (Å²) >= 11 is 0. The van der Waals surface area contributed by atoms with Gasteiger partial charge in [0.15, 0.2) is 7.28 Å². The number of nitrogens with zero attached hydrogens (tertiary/aromatic N) is 2. The van der Waals surface area contributed by atoms with Gasteiger partial charge in [-0.2, -0.15) is 0 Å². The second-order valence-corrected chi connectivity index (χ2v) is 16.7. The fourth-order valence-corrected chi connectivity index (χ4v) is 9.43. The monoisotopic (exact) mass is 748 g/mol. The molecule has 4 heteroatoms. The first kappa shape index (κ1) is 35.9. The number of aryl methyl sites for hydroxylation is 1. The molecule has 0 unspecified atom stereocenters. The van der Waals surface area contributed by atoms with Crippen LogP contribution in [0.3, 0.4) is 0 Å². The number of anilines is 5. The first-order valence-corrected chi connectivity index (χ1v) is 20.5. The highest BCUT2D eigenvalue weighted by Gasteiger charge is 2.42. The van der Waals surface area contributed by atoms with E-state index in [4.69, 9.17) is 0 Å². The number of benzene rings is 7. The highest BCUT2D eigenvalue weighted by molar-refractivity contribution is 6.73. The van der Waals surface area contributed by atoms with Crippen LogP contribution in [0.15, 0.2) is 170 Å². The fraction of sp³-hybridized carbons (Fsp3) is 0.148. The molecule has 1 radical (unpaired) electrons. The van der Waals surface area contributed by atoms with Gasteiger partial charge in [0, 0.05) is 59.1 Å². The smallest absolute Gasteiger partial charge is 0.197 e. The molecule has 3 nitrogen and oxygen atoms in total. The SMILES string of the molecule is Cc1ccc(NC2=CCCC=C2c2cc(-c3ccccc3)cc3c2[B]c2ccc4c(c2N3c2ccc(N(C)C)cc2-c2ccccc2)C(C)(C)c2ccccc2-4)cc1. The van der Waals surface area contributed by atoms with E-state index in [1.807, 2.05) is 0 Å². The van der Waals surface area contributed by atoms with E-state index in [-0.39, 0.29) is 5.41 Å². The van der Waals surface area contributed by atoms with Gasteiger partial charge < -0.3 is 15.1 Å². The van der Waals surface area contributed by atoms with E-state index in [1.54, 1.807) is 0 Å². The molecule has 7 aromatic rings. The van der Waals surface area contributed by atoms with E-state index in [1.165, 1.54) is 89.2 Å². The van der Waals surface area contributed by atoms with Gasteiger partial charge in [0.1, 0.15) is 0 Å². The first-order valence-electron chi connectivity index (χ1n) is 20.5. The highest BCUT2D eigenvalue weighted by Crippen LogP contribution is 2.55. The number of nitrogens with one attached hydrogen (secondary N) is 1. The van der Waals surface area contributed by atoms with Crippen molar-refractivity contribution in [2.75, 3.05) is 29.2 Å². The largest absolute Gasteiger partial charge is 0.378 e. The standard InChI is InChI=1S/C54H47BN3/c1-35-24-26-39(27-25-35)56-48-23-15-13-21-42(48)45-32-38(36-16-8-6-9-17-36)33-50-52(45)55-47-30-29-43-41-20-12-14-22-46(41)54(2,3)51(43)53(47)58(50)49-31-28-40(57(4)5)34-44(49)37-18-10-7-11-19-37/h6-12,14,16-34,56H,13,15H2,1-5H3. The third-order valence-electron chi connectivity index (χ3n) is 12.4. The van der Waals surface area contributed by atoms with Crippen molar-refractivity contribution in [1.29, 1.82) is 0 Å². The Hall–Kier alpha value is -6.52. The lowest BCUT2D eigenvalue weighted by Gasteiger charge is -2.40. The van der Waals surface area contributed by atoms with Crippen LogP contribution in [0.2, 0.25) is 0 Å². The van der Waals surface area contributed by atoms with E-state index < -0.39 is 0 Å². The molecule has 0 amide bonds. The van der Waals surface area contributed by atoms with Gasteiger partial charge in [-0.1, -0.05) is 146 Å². The lowest BCUT2D eigenvalue weighted by molar-refractivity contribution is 0.661. The second kappa shape index (κ2) is 14.1. The minimum Gasteiger partial charge on any atom is -0.378 e. The van der Waals surface area contributed by atoms with Crippen molar-refractivity contribution in [1.82, 2.24) is 0 Å². The Balaban J connectivity index is 1.28. The lowest BCUT2D eigenvalue weighted by Crippen LogP contribution is -2.43. The van der Waals surface area contributed by atoms with Crippen LogP contribution in [-0.4, -0.2) is 21.4 Å². The molecule has 1 N–H and O–H groups in total. The molecule has 3 aliphatic rings.